The fourth-order valence-corrected chi connectivity index (χ4v) is 4.47. The molecule has 0 aromatic carbocycles. The summed E-state index contributed by atoms with van der Waals surface area (Å²) >= 11 is 0. The predicted octanol–water partition coefficient (Wildman–Crippen LogP) is 3.07. The van der Waals surface area contributed by atoms with Crippen molar-refractivity contribution in [2.24, 2.45) is 5.41 Å². The average molecular weight is 272 g/mol. The summed E-state index contributed by atoms with van der Waals surface area (Å²) < 4.78 is 28.5. The Morgan fingerprint density at radius 1 is 1.17 bits per heavy atom. The van der Waals surface area contributed by atoms with Crippen molar-refractivity contribution in [3.8, 4) is 0 Å². The number of sulfone groups is 1. The number of ether oxygens (including phenoxy) is 1. The highest BCUT2D eigenvalue weighted by Gasteiger charge is 2.33. The standard InChI is InChI=1S/C14H24O3S/c1-14(7-9-18(15,16)10-8-14)12-17-11-13-5-3-2-4-6-13/h11H,2-10,12H2,1H3. The van der Waals surface area contributed by atoms with Gasteiger partial charge in [0.2, 0.25) is 0 Å². The second-order valence-electron chi connectivity index (χ2n) is 6.11. The van der Waals surface area contributed by atoms with E-state index in [0.717, 1.165) is 12.8 Å². The summed E-state index contributed by atoms with van der Waals surface area (Å²) in [6.45, 7) is 2.80. The molecule has 2 fully saturated rings. The maximum Gasteiger partial charge on any atom is 0.150 e. The van der Waals surface area contributed by atoms with Crippen molar-refractivity contribution < 1.29 is 13.2 Å². The lowest BCUT2D eigenvalue weighted by Gasteiger charge is -2.32. The molecule has 0 atom stereocenters. The van der Waals surface area contributed by atoms with Gasteiger partial charge in [0.1, 0.15) is 9.84 Å². The van der Waals surface area contributed by atoms with Gasteiger partial charge in [0.25, 0.3) is 0 Å². The summed E-state index contributed by atoms with van der Waals surface area (Å²) in [6.07, 6.45) is 9.66. The summed E-state index contributed by atoms with van der Waals surface area (Å²) in [7, 11) is -2.77. The van der Waals surface area contributed by atoms with E-state index in [9.17, 15) is 8.42 Å². The molecule has 4 heteroatoms. The summed E-state index contributed by atoms with van der Waals surface area (Å²) in [6, 6.07) is 0. The quantitative estimate of drug-likeness (QED) is 0.742. The number of allylic oxidation sites excluding steroid dienone is 1. The van der Waals surface area contributed by atoms with Crippen LogP contribution in [0.4, 0.5) is 0 Å². The fraction of sp³-hybridized carbons (Fsp3) is 0.857. The van der Waals surface area contributed by atoms with E-state index in [2.05, 4.69) is 6.92 Å². The van der Waals surface area contributed by atoms with Crippen LogP contribution in [0, 0.1) is 5.41 Å². The molecule has 3 nitrogen and oxygen atoms in total. The molecule has 18 heavy (non-hydrogen) atoms. The Balaban J connectivity index is 1.79. The molecule has 0 amide bonds. The Bertz CT molecular complexity index is 387. The number of hydrogen-bond donors (Lipinski definition) is 0. The first kappa shape index (κ1) is 13.9. The van der Waals surface area contributed by atoms with Gasteiger partial charge in [-0.3, -0.25) is 0 Å². The molecule has 1 aliphatic heterocycles. The molecule has 0 radical (unpaired) electrons. The van der Waals surface area contributed by atoms with Crippen LogP contribution < -0.4 is 0 Å². The molecule has 0 aromatic rings. The molecule has 1 saturated carbocycles. The Morgan fingerprint density at radius 2 is 1.78 bits per heavy atom. The molecule has 0 aromatic heterocycles. The summed E-state index contributed by atoms with van der Waals surface area (Å²) in [5, 5.41) is 0. The molecule has 104 valence electrons. The molecule has 0 spiro atoms. The van der Waals surface area contributed by atoms with Gasteiger partial charge in [-0.05, 0) is 44.1 Å². The van der Waals surface area contributed by atoms with Crippen LogP contribution >= 0.6 is 0 Å². The maximum atomic E-state index is 11.4. The molecule has 0 N–H and O–H groups in total. The number of hydrogen-bond acceptors (Lipinski definition) is 3. The molecule has 1 saturated heterocycles. The minimum atomic E-state index is -2.77. The highest BCUT2D eigenvalue weighted by atomic mass is 32.2. The van der Waals surface area contributed by atoms with Crippen LogP contribution in [0.2, 0.25) is 0 Å². The van der Waals surface area contributed by atoms with Gasteiger partial charge in [0.15, 0.2) is 0 Å². The molecule has 0 bridgehead atoms. The Kier molecular flexibility index (Phi) is 4.36. The van der Waals surface area contributed by atoms with Crippen molar-refractivity contribution in [3.05, 3.63) is 11.8 Å². The van der Waals surface area contributed by atoms with Crippen molar-refractivity contribution in [2.45, 2.75) is 51.9 Å². The molecule has 0 unspecified atom stereocenters. The molecular formula is C14H24O3S. The molecule has 2 aliphatic rings. The third-order valence-electron chi connectivity index (χ3n) is 4.21. The van der Waals surface area contributed by atoms with Gasteiger partial charge in [-0.1, -0.05) is 13.3 Å². The molecule has 1 aliphatic carbocycles. The minimum absolute atomic E-state index is 0.0387. The largest absolute Gasteiger partial charge is 0.501 e. The summed E-state index contributed by atoms with van der Waals surface area (Å²) in [5.41, 5.74) is 1.46. The Labute approximate surface area is 111 Å². The van der Waals surface area contributed by atoms with Crippen molar-refractivity contribution in [2.75, 3.05) is 18.1 Å². The van der Waals surface area contributed by atoms with Crippen LogP contribution in [-0.4, -0.2) is 26.5 Å². The average Bonchev–Trinajstić information content (AvgIpc) is 2.35. The van der Waals surface area contributed by atoms with Crippen molar-refractivity contribution in [1.29, 1.82) is 0 Å². The van der Waals surface area contributed by atoms with E-state index in [4.69, 9.17) is 4.74 Å². The second kappa shape index (κ2) is 5.64. The van der Waals surface area contributed by atoms with Gasteiger partial charge in [-0.2, -0.15) is 0 Å². The zero-order valence-electron chi connectivity index (χ0n) is 11.3. The SMILES string of the molecule is CC1(COC=C2CCCCC2)CCS(=O)(=O)CC1. The van der Waals surface area contributed by atoms with Crippen molar-refractivity contribution in [3.63, 3.8) is 0 Å². The van der Waals surface area contributed by atoms with Crippen molar-refractivity contribution >= 4 is 9.84 Å². The van der Waals surface area contributed by atoms with E-state index >= 15 is 0 Å². The smallest absolute Gasteiger partial charge is 0.150 e. The fourth-order valence-electron chi connectivity index (χ4n) is 2.66. The van der Waals surface area contributed by atoms with E-state index in [1.165, 1.54) is 37.7 Å². The van der Waals surface area contributed by atoms with Crippen LogP contribution in [0.15, 0.2) is 11.8 Å². The van der Waals surface area contributed by atoms with Gasteiger partial charge in [0, 0.05) is 5.41 Å². The Morgan fingerprint density at radius 3 is 2.39 bits per heavy atom. The normalized spacial score (nSPS) is 26.6. The van der Waals surface area contributed by atoms with Crippen LogP contribution in [0.1, 0.15) is 51.9 Å². The van der Waals surface area contributed by atoms with E-state index in [1.807, 2.05) is 6.26 Å². The van der Waals surface area contributed by atoms with E-state index in [1.54, 1.807) is 0 Å². The van der Waals surface area contributed by atoms with Gasteiger partial charge in [-0.15, -0.1) is 0 Å². The lowest BCUT2D eigenvalue weighted by atomic mass is 9.85. The predicted molar refractivity (Wildman–Crippen MR) is 73.1 cm³/mol. The van der Waals surface area contributed by atoms with E-state index < -0.39 is 9.84 Å². The summed E-state index contributed by atoms with van der Waals surface area (Å²) in [4.78, 5) is 0. The van der Waals surface area contributed by atoms with Gasteiger partial charge in [-0.25, -0.2) is 8.42 Å². The minimum Gasteiger partial charge on any atom is -0.501 e. The first-order chi connectivity index (χ1) is 8.49. The number of rotatable bonds is 3. The lowest BCUT2D eigenvalue weighted by molar-refractivity contribution is 0.110. The van der Waals surface area contributed by atoms with Gasteiger partial charge >= 0.3 is 0 Å². The van der Waals surface area contributed by atoms with Crippen molar-refractivity contribution in [1.82, 2.24) is 0 Å². The second-order valence-corrected chi connectivity index (χ2v) is 8.41. The monoisotopic (exact) mass is 272 g/mol. The Hall–Kier alpha value is -0.510. The van der Waals surface area contributed by atoms with Crippen LogP contribution in [0.25, 0.3) is 0 Å². The first-order valence-corrected chi connectivity index (χ1v) is 8.81. The van der Waals surface area contributed by atoms with E-state index in [-0.39, 0.29) is 5.41 Å². The highest BCUT2D eigenvalue weighted by Crippen LogP contribution is 2.32. The maximum absolute atomic E-state index is 11.4. The van der Waals surface area contributed by atoms with Crippen LogP contribution in [0.5, 0.6) is 0 Å². The zero-order valence-corrected chi connectivity index (χ0v) is 12.1. The summed E-state index contributed by atoms with van der Waals surface area (Å²) in [5.74, 6) is 0.646. The highest BCUT2D eigenvalue weighted by molar-refractivity contribution is 7.91. The topological polar surface area (TPSA) is 43.4 Å². The molecule has 2 rings (SSSR count). The van der Waals surface area contributed by atoms with E-state index in [0.29, 0.717) is 18.1 Å². The zero-order chi connectivity index (χ0) is 13.1. The first-order valence-electron chi connectivity index (χ1n) is 6.99. The van der Waals surface area contributed by atoms with Crippen LogP contribution in [0.3, 0.4) is 0 Å². The third kappa shape index (κ3) is 4.01. The third-order valence-corrected chi connectivity index (χ3v) is 5.86. The van der Waals surface area contributed by atoms with Crippen LogP contribution in [-0.2, 0) is 14.6 Å². The molecular weight excluding hydrogens is 248 g/mol. The van der Waals surface area contributed by atoms with Gasteiger partial charge in [0.05, 0.1) is 24.4 Å². The molecule has 1 heterocycles. The van der Waals surface area contributed by atoms with Gasteiger partial charge < -0.3 is 4.74 Å². The lowest BCUT2D eigenvalue weighted by Crippen LogP contribution is -2.34.